The predicted molar refractivity (Wildman–Crippen MR) is 123 cm³/mol. The molecule has 2 heterocycles. The zero-order chi connectivity index (χ0) is 22.7. The van der Waals surface area contributed by atoms with Gasteiger partial charge in [-0.1, -0.05) is 30.3 Å². The average molecular weight is 452 g/mol. The minimum absolute atomic E-state index is 0.00347. The van der Waals surface area contributed by atoms with Gasteiger partial charge in [-0.3, -0.25) is 9.89 Å². The average Bonchev–Trinajstić information content (AvgIpc) is 3.12. The zero-order valence-electron chi connectivity index (χ0n) is 17.1. The molecule has 0 radical (unpaired) electrons. The smallest absolute Gasteiger partial charge is 0.354 e. The summed E-state index contributed by atoms with van der Waals surface area (Å²) in [6.07, 6.45) is 3.00. The lowest BCUT2D eigenvalue weighted by Gasteiger charge is -2.28. The Labute approximate surface area is 184 Å². The molecule has 8 nitrogen and oxygen atoms in total. The molecule has 1 aromatic heterocycles. The molecule has 1 aliphatic heterocycles. The number of hydrogen-bond acceptors (Lipinski definition) is 5. The monoisotopic (exact) mass is 451 g/mol. The fourth-order valence-corrected chi connectivity index (χ4v) is 4.68. The molecule has 0 bridgehead atoms. The molecule has 1 fully saturated rings. The van der Waals surface area contributed by atoms with E-state index in [0.717, 1.165) is 11.3 Å². The van der Waals surface area contributed by atoms with Crippen molar-refractivity contribution in [3.8, 4) is 5.69 Å². The molecule has 2 aromatic carbocycles. The molecule has 9 heteroatoms. The first kappa shape index (κ1) is 21.4. The highest BCUT2D eigenvalue weighted by atomic mass is 32.2. The number of rotatable bonds is 5. The summed E-state index contributed by atoms with van der Waals surface area (Å²) < 4.78 is 24.4. The number of H-pyrrole nitrogens is 1. The summed E-state index contributed by atoms with van der Waals surface area (Å²) in [5.74, 6) is -0.932. The summed E-state index contributed by atoms with van der Waals surface area (Å²) in [5.41, 5.74) is 4.48. The summed E-state index contributed by atoms with van der Waals surface area (Å²) in [7, 11) is -2.93. The predicted octanol–water partition coefficient (Wildman–Crippen LogP) is 2.42. The number of anilines is 1. The standard InChI is InChI=1S/C23H21N3O5S/c27-22-20(21(23(28)29)24-26(22)19-6-2-1-3-7-19)8-4-5-17-9-11-18(12-10-17)25-13-15-32(30,31)16-14-25/h1-3,5-12,24H,13-16H2,(H,28,29). The van der Waals surface area contributed by atoms with Crippen LogP contribution < -0.4 is 10.5 Å². The highest BCUT2D eigenvalue weighted by molar-refractivity contribution is 7.91. The quantitative estimate of drug-likeness (QED) is 0.576. The third-order valence-corrected chi connectivity index (χ3v) is 6.84. The number of aromatic carboxylic acids is 1. The van der Waals surface area contributed by atoms with Crippen LogP contribution in [0.4, 0.5) is 5.69 Å². The van der Waals surface area contributed by atoms with Gasteiger partial charge in [-0.25, -0.2) is 17.9 Å². The summed E-state index contributed by atoms with van der Waals surface area (Å²) in [6, 6.07) is 16.2. The molecule has 4 rings (SSSR count). The highest BCUT2D eigenvalue weighted by Crippen LogP contribution is 2.18. The number of carbonyl (C=O) groups is 1. The van der Waals surface area contributed by atoms with E-state index in [-0.39, 0.29) is 22.8 Å². The number of sulfone groups is 1. The van der Waals surface area contributed by atoms with E-state index in [1.165, 1.54) is 10.8 Å². The summed E-state index contributed by atoms with van der Waals surface area (Å²) in [4.78, 5) is 26.4. The maximum Gasteiger partial charge on any atom is 0.354 e. The Morgan fingerprint density at radius 1 is 0.969 bits per heavy atom. The van der Waals surface area contributed by atoms with Gasteiger partial charge in [0.25, 0.3) is 5.56 Å². The van der Waals surface area contributed by atoms with Gasteiger partial charge in [-0.15, -0.1) is 5.73 Å². The van der Waals surface area contributed by atoms with Gasteiger partial charge in [-0.2, -0.15) is 0 Å². The number of nitrogens with zero attached hydrogens (tertiary/aromatic N) is 2. The third-order valence-electron chi connectivity index (χ3n) is 5.24. The molecule has 2 N–H and O–H groups in total. The molecular weight excluding hydrogens is 430 g/mol. The van der Waals surface area contributed by atoms with Crippen LogP contribution in [0.25, 0.3) is 17.8 Å². The number of para-hydroxylation sites is 1. The van der Waals surface area contributed by atoms with Crippen molar-refractivity contribution in [2.45, 2.75) is 0 Å². The van der Waals surface area contributed by atoms with Gasteiger partial charge in [-0.05, 0) is 42.0 Å². The second kappa shape index (κ2) is 8.74. The van der Waals surface area contributed by atoms with E-state index in [1.807, 2.05) is 29.2 Å². The van der Waals surface area contributed by atoms with Crippen LogP contribution in [-0.4, -0.2) is 53.9 Å². The number of carboxylic acids is 1. The summed E-state index contributed by atoms with van der Waals surface area (Å²) in [6.45, 7) is 0.938. The van der Waals surface area contributed by atoms with Gasteiger partial charge < -0.3 is 10.0 Å². The molecule has 0 atom stereocenters. The number of aromatic nitrogens is 2. The maximum atomic E-state index is 12.7. The van der Waals surface area contributed by atoms with Crippen LogP contribution in [0.1, 0.15) is 21.6 Å². The number of benzene rings is 2. The van der Waals surface area contributed by atoms with E-state index >= 15 is 0 Å². The SMILES string of the molecule is O=C(O)c1[nH]n(-c2ccccc2)c(=O)c1C=C=Cc1ccc(N2CCS(=O)(=O)CC2)cc1. The lowest BCUT2D eigenvalue weighted by molar-refractivity contribution is 0.0689. The first-order valence-corrected chi connectivity index (χ1v) is 11.8. The van der Waals surface area contributed by atoms with Gasteiger partial charge >= 0.3 is 5.97 Å². The van der Waals surface area contributed by atoms with Crippen LogP contribution in [0.2, 0.25) is 0 Å². The van der Waals surface area contributed by atoms with Crippen molar-refractivity contribution in [2.75, 3.05) is 29.5 Å². The maximum absolute atomic E-state index is 12.7. The Bertz CT molecular complexity index is 1350. The molecule has 1 saturated heterocycles. The van der Waals surface area contributed by atoms with Crippen molar-refractivity contribution in [3.63, 3.8) is 0 Å². The topological polar surface area (TPSA) is 112 Å². The molecule has 164 valence electrons. The van der Waals surface area contributed by atoms with Crippen molar-refractivity contribution < 1.29 is 18.3 Å². The van der Waals surface area contributed by atoms with Gasteiger partial charge in [0.05, 0.1) is 22.8 Å². The molecule has 3 aromatic rings. The Morgan fingerprint density at radius 3 is 2.25 bits per heavy atom. The number of carboxylic acid groups (broad SMARTS) is 1. The highest BCUT2D eigenvalue weighted by Gasteiger charge is 2.21. The van der Waals surface area contributed by atoms with Crippen LogP contribution >= 0.6 is 0 Å². The lowest BCUT2D eigenvalue weighted by atomic mass is 10.1. The Kier molecular flexibility index (Phi) is 5.85. The fourth-order valence-electron chi connectivity index (χ4n) is 3.48. The Hall–Kier alpha value is -3.81. The third kappa shape index (κ3) is 4.59. The second-order valence-corrected chi connectivity index (χ2v) is 9.67. The first-order chi connectivity index (χ1) is 15.3. The van der Waals surface area contributed by atoms with Gasteiger partial charge in [0.15, 0.2) is 15.5 Å². The van der Waals surface area contributed by atoms with E-state index in [0.29, 0.717) is 18.8 Å². The van der Waals surface area contributed by atoms with E-state index in [4.69, 9.17) is 0 Å². The van der Waals surface area contributed by atoms with Crippen LogP contribution in [0, 0.1) is 0 Å². The Balaban J connectivity index is 1.57. The van der Waals surface area contributed by atoms with Crippen LogP contribution in [0.5, 0.6) is 0 Å². The number of hydrogen-bond donors (Lipinski definition) is 2. The van der Waals surface area contributed by atoms with Crippen molar-refractivity contribution in [2.24, 2.45) is 0 Å². The van der Waals surface area contributed by atoms with Crippen molar-refractivity contribution in [1.29, 1.82) is 0 Å². The minimum atomic E-state index is -2.93. The zero-order valence-corrected chi connectivity index (χ0v) is 17.9. The molecule has 0 saturated carbocycles. The summed E-state index contributed by atoms with van der Waals surface area (Å²) in [5, 5.41) is 12.1. The molecule has 0 amide bonds. The number of aromatic amines is 1. The Morgan fingerprint density at radius 2 is 1.62 bits per heavy atom. The molecule has 0 unspecified atom stereocenters. The lowest BCUT2D eigenvalue weighted by Crippen LogP contribution is -2.40. The molecule has 0 spiro atoms. The summed E-state index contributed by atoms with van der Waals surface area (Å²) >= 11 is 0. The number of nitrogens with one attached hydrogen (secondary N) is 1. The van der Waals surface area contributed by atoms with Crippen LogP contribution in [0.3, 0.4) is 0 Å². The molecule has 1 aliphatic rings. The van der Waals surface area contributed by atoms with E-state index < -0.39 is 21.4 Å². The van der Waals surface area contributed by atoms with E-state index in [1.54, 1.807) is 36.4 Å². The van der Waals surface area contributed by atoms with E-state index in [2.05, 4.69) is 10.8 Å². The second-order valence-electron chi connectivity index (χ2n) is 7.37. The largest absolute Gasteiger partial charge is 0.477 e. The van der Waals surface area contributed by atoms with Gasteiger partial charge in [0, 0.05) is 18.8 Å². The minimum Gasteiger partial charge on any atom is -0.477 e. The van der Waals surface area contributed by atoms with E-state index in [9.17, 15) is 23.1 Å². The molecule has 0 aliphatic carbocycles. The fraction of sp³-hybridized carbons (Fsp3) is 0.174. The van der Waals surface area contributed by atoms with Crippen molar-refractivity contribution in [1.82, 2.24) is 9.78 Å². The first-order valence-electron chi connectivity index (χ1n) is 9.96. The molecule has 32 heavy (non-hydrogen) atoms. The van der Waals surface area contributed by atoms with Crippen molar-refractivity contribution in [3.05, 3.63) is 87.5 Å². The van der Waals surface area contributed by atoms with Crippen LogP contribution in [-0.2, 0) is 9.84 Å². The van der Waals surface area contributed by atoms with Gasteiger partial charge in [0.2, 0.25) is 0 Å². The molecular formula is C23H21N3O5S. The van der Waals surface area contributed by atoms with Crippen molar-refractivity contribution >= 4 is 33.6 Å². The van der Waals surface area contributed by atoms with Gasteiger partial charge in [0.1, 0.15) is 0 Å². The normalized spacial score (nSPS) is 15.1. The van der Waals surface area contributed by atoms with Crippen LogP contribution in [0.15, 0.2) is 65.1 Å².